The van der Waals surface area contributed by atoms with E-state index in [1.54, 1.807) is 0 Å². The summed E-state index contributed by atoms with van der Waals surface area (Å²) in [5, 5.41) is 3.86. The molecular weight excluding hydrogens is 701 g/mol. The van der Waals surface area contributed by atoms with Crippen molar-refractivity contribution in [2.24, 2.45) is 0 Å². The van der Waals surface area contributed by atoms with Crippen LogP contribution in [0.2, 0.25) is 0 Å². The fourth-order valence-electron chi connectivity index (χ4n) is 9.61. The van der Waals surface area contributed by atoms with Gasteiger partial charge in [0.1, 0.15) is 0 Å². The van der Waals surface area contributed by atoms with Crippen LogP contribution in [0.3, 0.4) is 0 Å². The molecule has 58 heavy (non-hydrogen) atoms. The van der Waals surface area contributed by atoms with E-state index in [0.29, 0.717) is 0 Å². The minimum Gasteiger partial charge on any atom is -0.378 e. The van der Waals surface area contributed by atoms with Gasteiger partial charge in [0.05, 0.1) is 5.69 Å². The Morgan fingerprint density at radius 2 is 1.31 bits per heavy atom. The van der Waals surface area contributed by atoms with Crippen molar-refractivity contribution in [1.82, 2.24) is 0 Å². The Kier molecular flexibility index (Phi) is 8.75. The van der Waals surface area contributed by atoms with Crippen LogP contribution in [-0.2, 0) is 5.41 Å². The molecule has 4 heteroatoms. The van der Waals surface area contributed by atoms with Gasteiger partial charge in [-0.1, -0.05) is 146 Å². The van der Waals surface area contributed by atoms with Crippen LogP contribution in [0.4, 0.5) is 28.4 Å². The van der Waals surface area contributed by atoms with E-state index in [-0.39, 0.29) is 5.41 Å². The monoisotopic (exact) mass is 749 g/mol. The molecule has 0 amide bonds. The summed E-state index contributed by atoms with van der Waals surface area (Å²) in [6, 6.07) is 56.5. The van der Waals surface area contributed by atoms with Crippen molar-refractivity contribution in [3.05, 3.63) is 192 Å². The normalized spacial score (nSPS) is 14.6. The molecule has 3 aliphatic rings. The number of benzene rings is 7. The maximum absolute atomic E-state index is 3.86. The van der Waals surface area contributed by atoms with Gasteiger partial charge in [-0.25, -0.2) is 0 Å². The summed E-state index contributed by atoms with van der Waals surface area (Å²) in [7, 11) is 5.10. The molecule has 0 spiro atoms. The minimum atomic E-state index is -0.205. The molecule has 0 radical (unpaired) electrons. The van der Waals surface area contributed by atoms with Crippen LogP contribution >= 0.6 is 0 Å². The van der Waals surface area contributed by atoms with Crippen molar-refractivity contribution in [2.45, 2.75) is 39.0 Å². The van der Waals surface area contributed by atoms with Crippen molar-refractivity contribution in [3.63, 3.8) is 0 Å². The molecule has 1 N–H and O–H groups in total. The van der Waals surface area contributed by atoms with Gasteiger partial charge in [0, 0.05) is 59.1 Å². The van der Waals surface area contributed by atoms with Crippen molar-refractivity contribution < 1.29 is 0 Å². The molecule has 2 aliphatic carbocycles. The predicted octanol–water partition coefficient (Wildman–Crippen LogP) is 12.0. The van der Waals surface area contributed by atoms with Gasteiger partial charge < -0.3 is 15.1 Å². The lowest BCUT2D eigenvalue weighted by Crippen LogP contribution is -2.43. The predicted molar refractivity (Wildman–Crippen MR) is 250 cm³/mol. The highest BCUT2D eigenvalue weighted by atomic mass is 15.2. The van der Waals surface area contributed by atoms with E-state index in [2.05, 4.69) is 214 Å². The zero-order chi connectivity index (χ0) is 39.5. The van der Waals surface area contributed by atoms with E-state index in [0.717, 1.165) is 25.8 Å². The van der Waals surface area contributed by atoms with Crippen LogP contribution in [0.25, 0.3) is 39.0 Å². The van der Waals surface area contributed by atoms with Crippen LogP contribution < -0.4 is 26.0 Å². The van der Waals surface area contributed by atoms with Crippen molar-refractivity contribution in [2.75, 3.05) is 29.2 Å². The molecule has 7 aromatic carbocycles. The second-order valence-corrected chi connectivity index (χ2v) is 16.8. The first-order valence-corrected chi connectivity index (χ1v) is 20.7. The van der Waals surface area contributed by atoms with E-state index in [4.69, 9.17) is 0 Å². The molecule has 0 aromatic heterocycles. The Bertz CT molecular complexity index is 2780. The van der Waals surface area contributed by atoms with E-state index in [9.17, 15) is 0 Å². The standard InChI is InChI=1S/C54H48BN3/c1-35-24-26-39(27-25-35)56-48-23-15-13-21-42(48)45-32-38(36-16-8-6-9-17-36)33-50-52(45)55-47-30-29-43-41-20-12-14-22-46(41)54(2,3)51(43)53(47)58(50)49-31-28-40(57(4)5)34-44(49)37-18-10-7-11-19-37/h6-12,14,16-34,55-56H,13,15H2,1-5H3. The Morgan fingerprint density at radius 3 is 2.07 bits per heavy atom. The second-order valence-electron chi connectivity index (χ2n) is 16.8. The summed E-state index contributed by atoms with van der Waals surface area (Å²) in [5.41, 5.74) is 23.8. The van der Waals surface area contributed by atoms with Crippen molar-refractivity contribution in [1.29, 1.82) is 0 Å². The lowest BCUT2D eigenvalue weighted by molar-refractivity contribution is 0.661. The first kappa shape index (κ1) is 35.9. The SMILES string of the molecule is Cc1ccc(NC2=CCCC=C2c2cc(-c3ccccc3)cc3c2Bc2ccc4c(c2N3c2ccc(N(C)C)cc2-c2ccccc2)C(C)(C)c2ccccc2-4)cc1. The number of rotatable bonds is 7. The largest absolute Gasteiger partial charge is 0.378 e. The molecule has 1 heterocycles. The number of nitrogens with one attached hydrogen (secondary N) is 1. The quantitative estimate of drug-likeness (QED) is 0.164. The topological polar surface area (TPSA) is 18.5 Å². The maximum Gasteiger partial charge on any atom is 0.198 e. The molecule has 0 bridgehead atoms. The zero-order valence-corrected chi connectivity index (χ0v) is 34.1. The van der Waals surface area contributed by atoms with Crippen LogP contribution in [0, 0.1) is 6.92 Å². The van der Waals surface area contributed by atoms with Gasteiger partial charge in [0.2, 0.25) is 0 Å². The lowest BCUT2D eigenvalue weighted by atomic mass is 9.56. The number of allylic oxidation sites excluding steroid dienone is 3. The fraction of sp³-hybridized carbons (Fsp3) is 0.148. The van der Waals surface area contributed by atoms with Gasteiger partial charge in [-0.3, -0.25) is 0 Å². The number of aryl methyl sites for hydroxylation is 1. The number of hydrogen-bond acceptors (Lipinski definition) is 3. The number of hydrogen-bond donors (Lipinski definition) is 1. The van der Waals surface area contributed by atoms with Gasteiger partial charge in [-0.2, -0.15) is 0 Å². The summed E-state index contributed by atoms with van der Waals surface area (Å²) >= 11 is 0. The lowest BCUT2D eigenvalue weighted by Gasteiger charge is -2.40. The summed E-state index contributed by atoms with van der Waals surface area (Å²) in [6.07, 6.45) is 6.87. The molecule has 3 nitrogen and oxygen atoms in total. The summed E-state index contributed by atoms with van der Waals surface area (Å²) in [5.74, 6) is 0. The third-order valence-electron chi connectivity index (χ3n) is 12.5. The number of anilines is 5. The molecule has 10 rings (SSSR count). The Hall–Kier alpha value is -6.52. The van der Waals surface area contributed by atoms with Crippen LogP contribution in [0.5, 0.6) is 0 Å². The van der Waals surface area contributed by atoms with Gasteiger partial charge >= 0.3 is 0 Å². The highest BCUT2D eigenvalue weighted by Crippen LogP contribution is 2.55. The van der Waals surface area contributed by atoms with E-state index < -0.39 is 0 Å². The molecule has 0 fully saturated rings. The van der Waals surface area contributed by atoms with Crippen LogP contribution in [0.1, 0.15) is 48.9 Å². The fourth-order valence-corrected chi connectivity index (χ4v) is 9.61. The summed E-state index contributed by atoms with van der Waals surface area (Å²) < 4.78 is 0. The average Bonchev–Trinajstić information content (AvgIpc) is 3.49. The number of nitrogens with zero attached hydrogens (tertiary/aromatic N) is 2. The zero-order valence-electron chi connectivity index (χ0n) is 34.1. The van der Waals surface area contributed by atoms with Gasteiger partial charge in [0.25, 0.3) is 0 Å². The average molecular weight is 750 g/mol. The number of fused-ring (bicyclic) bond motifs is 6. The second kappa shape index (κ2) is 14.1. The third kappa shape index (κ3) is 5.98. The van der Waals surface area contributed by atoms with E-state index in [1.165, 1.54) is 101 Å². The highest BCUT2D eigenvalue weighted by Gasteiger charge is 2.42. The van der Waals surface area contributed by atoms with Crippen molar-refractivity contribution in [3.8, 4) is 33.4 Å². The Labute approximate surface area is 344 Å². The molecule has 1 aliphatic heterocycles. The molecule has 7 aromatic rings. The Morgan fingerprint density at radius 1 is 0.603 bits per heavy atom. The first-order valence-electron chi connectivity index (χ1n) is 20.7. The molecule has 0 saturated carbocycles. The van der Waals surface area contributed by atoms with Crippen LogP contribution in [0.15, 0.2) is 170 Å². The highest BCUT2D eigenvalue weighted by molar-refractivity contribution is 6.73. The molecule has 0 unspecified atom stereocenters. The van der Waals surface area contributed by atoms with Crippen molar-refractivity contribution >= 4 is 52.2 Å². The summed E-state index contributed by atoms with van der Waals surface area (Å²) in [4.78, 5) is 4.86. The summed E-state index contributed by atoms with van der Waals surface area (Å²) in [6.45, 7) is 6.99. The smallest absolute Gasteiger partial charge is 0.198 e. The minimum absolute atomic E-state index is 0.205. The molecule has 0 saturated heterocycles. The Balaban J connectivity index is 1.28. The molecular formula is C54H48BN3. The molecule has 0 atom stereocenters. The molecule has 282 valence electrons. The van der Waals surface area contributed by atoms with Crippen LogP contribution in [-0.4, -0.2) is 21.4 Å². The third-order valence-corrected chi connectivity index (χ3v) is 12.5. The van der Waals surface area contributed by atoms with E-state index in [1.807, 2.05) is 0 Å². The first-order chi connectivity index (χ1) is 28.3. The van der Waals surface area contributed by atoms with Gasteiger partial charge in [-0.15, -0.1) is 0 Å². The maximum atomic E-state index is 3.86. The van der Waals surface area contributed by atoms with Gasteiger partial charge in [-0.05, 0) is 112 Å². The van der Waals surface area contributed by atoms with E-state index >= 15 is 0 Å². The van der Waals surface area contributed by atoms with Gasteiger partial charge in [0.15, 0.2) is 7.28 Å².